The summed E-state index contributed by atoms with van der Waals surface area (Å²) in [6, 6.07) is 12.6. The van der Waals surface area contributed by atoms with E-state index in [0.717, 1.165) is 21.5 Å². The maximum atomic E-state index is 13.3. The first-order valence-corrected chi connectivity index (χ1v) is 11.0. The van der Waals surface area contributed by atoms with Gasteiger partial charge in [0.05, 0.1) is 16.8 Å². The fourth-order valence-electron chi connectivity index (χ4n) is 3.92. The van der Waals surface area contributed by atoms with Crippen LogP contribution in [0.3, 0.4) is 0 Å². The number of amides is 1. The highest BCUT2D eigenvalue weighted by atomic mass is 32.1. The van der Waals surface area contributed by atoms with Gasteiger partial charge in [0.25, 0.3) is 11.1 Å². The minimum atomic E-state index is -0.374. The Kier molecular flexibility index (Phi) is 4.44. The van der Waals surface area contributed by atoms with Crippen molar-refractivity contribution in [2.75, 3.05) is 6.54 Å². The van der Waals surface area contributed by atoms with Crippen molar-refractivity contribution in [2.45, 2.75) is 19.0 Å². The number of H-pyrrole nitrogens is 1. The number of hydrogen-bond acceptors (Lipinski definition) is 5. The lowest BCUT2D eigenvalue weighted by Gasteiger charge is -2.35. The van der Waals surface area contributed by atoms with Crippen LogP contribution < -0.4 is 11.1 Å². The van der Waals surface area contributed by atoms with Crippen molar-refractivity contribution in [2.24, 2.45) is 0 Å². The molecule has 0 unspecified atom stereocenters. The summed E-state index contributed by atoms with van der Waals surface area (Å²) in [5.41, 5.74) is 0.410. The van der Waals surface area contributed by atoms with Gasteiger partial charge in [0.1, 0.15) is 6.54 Å². The van der Waals surface area contributed by atoms with Crippen LogP contribution in [-0.4, -0.2) is 27.1 Å². The summed E-state index contributed by atoms with van der Waals surface area (Å²) in [5, 5.41) is 7.27. The molecule has 1 aliphatic rings. The molecule has 0 aliphatic carbocycles. The van der Waals surface area contributed by atoms with Gasteiger partial charge in [0, 0.05) is 16.3 Å². The largest absolute Gasteiger partial charge is 0.329 e. The fourth-order valence-corrected chi connectivity index (χ4v) is 5.68. The molecule has 8 heteroatoms. The molecule has 0 fully saturated rings. The molecule has 4 aromatic rings. The smallest absolute Gasteiger partial charge is 0.273 e. The van der Waals surface area contributed by atoms with Gasteiger partial charge in [0.2, 0.25) is 5.91 Å². The number of hydrogen-bond donors (Lipinski definition) is 1. The standard InChI is InChI=1S/C21H17N3O3S2/c25-18(12-24-21(27)14-5-2-1-4-13(14)20(26)22-24)23-9-7-16-15(8-11-29-16)19(23)17-6-3-10-28-17/h1-6,8,10-11,19H,7,9,12H2,(H,22,26)/t19-/m1/s1. The normalized spacial score (nSPS) is 16.1. The Labute approximate surface area is 173 Å². The van der Waals surface area contributed by atoms with Crippen LogP contribution in [0.15, 0.2) is 62.8 Å². The summed E-state index contributed by atoms with van der Waals surface area (Å²) in [5.74, 6) is -0.187. The Morgan fingerprint density at radius 3 is 2.66 bits per heavy atom. The van der Waals surface area contributed by atoms with Crippen molar-refractivity contribution in [3.63, 3.8) is 0 Å². The highest BCUT2D eigenvalue weighted by molar-refractivity contribution is 7.10. The molecular formula is C21H17N3O3S2. The zero-order valence-corrected chi connectivity index (χ0v) is 17.0. The minimum absolute atomic E-state index is 0.152. The Morgan fingerprint density at radius 1 is 1.03 bits per heavy atom. The first kappa shape index (κ1) is 18.1. The molecule has 0 saturated heterocycles. The number of fused-ring (bicyclic) bond motifs is 2. The average Bonchev–Trinajstić information content (AvgIpc) is 3.43. The molecule has 3 aromatic heterocycles. The molecule has 0 radical (unpaired) electrons. The SMILES string of the molecule is O=C(Cn1[nH]c(=O)c2ccccc2c1=O)N1CCc2sccc2[C@@H]1c1cccs1. The lowest BCUT2D eigenvalue weighted by molar-refractivity contribution is -0.134. The number of carbonyl (C=O) groups excluding carboxylic acids is 1. The van der Waals surface area contributed by atoms with Crippen LogP contribution in [0.4, 0.5) is 0 Å². The summed E-state index contributed by atoms with van der Waals surface area (Å²) in [6.45, 7) is 0.391. The lowest BCUT2D eigenvalue weighted by Crippen LogP contribution is -2.43. The number of thiophene rings is 2. The van der Waals surface area contributed by atoms with Crippen molar-refractivity contribution in [1.29, 1.82) is 0 Å². The fraction of sp³-hybridized carbons (Fsp3) is 0.190. The number of nitrogens with one attached hydrogen (secondary N) is 1. The quantitative estimate of drug-likeness (QED) is 0.550. The maximum absolute atomic E-state index is 13.3. The molecular weight excluding hydrogens is 406 g/mol. The summed E-state index contributed by atoms with van der Waals surface area (Å²) >= 11 is 3.33. The second kappa shape index (κ2) is 7.13. The predicted octanol–water partition coefficient (Wildman–Crippen LogP) is 2.99. The number of aromatic nitrogens is 2. The number of aromatic amines is 1. The molecule has 1 N–H and O–H groups in total. The first-order chi connectivity index (χ1) is 14.1. The predicted molar refractivity (Wildman–Crippen MR) is 115 cm³/mol. The Hall–Kier alpha value is -2.97. The van der Waals surface area contributed by atoms with E-state index in [0.29, 0.717) is 17.3 Å². The summed E-state index contributed by atoms with van der Waals surface area (Å²) in [7, 11) is 0. The highest BCUT2D eigenvalue weighted by Gasteiger charge is 2.33. The van der Waals surface area contributed by atoms with Crippen molar-refractivity contribution < 1.29 is 4.79 Å². The van der Waals surface area contributed by atoms with Crippen molar-refractivity contribution in [3.8, 4) is 0 Å². The number of benzene rings is 1. The Bertz CT molecular complexity index is 1320. The Morgan fingerprint density at radius 2 is 1.86 bits per heavy atom. The molecule has 1 aliphatic heterocycles. The third kappa shape index (κ3) is 3.04. The second-order valence-electron chi connectivity index (χ2n) is 6.93. The molecule has 29 heavy (non-hydrogen) atoms. The molecule has 5 rings (SSSR count). The van der Waals surface area contributed by atoms with Gasteiger partial charge in [-0.1, -0.05) is 18.2 Å². The van der Waals surface area contributed by atoms with E-state index in [9.17, 15) is 14.4 Å². The van der Waals surface area contributed by atoms with Gasteiger partial charge in [-0.15, -0.1) is 22.7 Å². The zero-order chi connectivity index (χ0) is 20.0. The lowest BCUT2D eigenvalue weighted by atomic mass is 9.98. The molecule has 1 aromatic carbocycles. The van der Waals surface area contributed by atoms with E-state index in [4.69, 9.17) is 0 Å². The van der Waals surface area contributed by atoms with Crippen LogP contribution in [0.1, 0.15) is 21.4 Å². The topological polar surface area (TPSA) is 75.2 Å². The van der Waals surface area contributed by atoms with Crippen LogP contribution in [0.5, 0.6) is 0 Å². The van der Waals surface area contributed by atoms with Crippen molar-refractivity contribution in [3.05, 3.63) is 89.3 Å². The van der Waals surface area contributed by atoms with Crippen LogP contribution >= 0.6 is 22.7 Å². The van der Waals surface area contributed by atoms with Crippen LogP contribution in [0, 0.1) is 0 Å². The second-order valence-corrected chi connectivity index (χ2v) is 8.91. The third-order valence-corrected chi connectivity index (χ3v) is 7.20. The third-order valence-electron chi connectivity index (χ3n) is 5.28. The highest BCUT2D eigenvalue weighted by Crippen LogP contribution is 2.39. The van der Waals surface area contributed by atoms with Crippen LogP contribution in [0.2, 0.25) is 0 Å². The molecule has 146 valence electrons. The van der Waals surface area contributed by atoms with Crippen LogP contribution in [0.25, 0.3) is 10.8 Å². The van der Waals surface area contributed by atoms with Gasteiger partial charge in [-0.2, -0.15) is 0 Å². The minimum Gasteiger partial charge on any atom is -0.329 e. The van der Waals surface area contributed by atoms with Gasteiger partial charge in [-0.05, 0) is 47.0 Å². The number of carbonyl (C=O) groups is 1. The van der Waals surface area contributed by atoms with E-state index < -0.39 is 0 Å². The molecule has 0 spiro atoms. The molecule has 4 heterocycles. The summed E-state index contributed by atoms with van der Waals surface area (Å²) in [6.07, 6.45) is 0.795. The number of rotatable bonds is 3. The monoisotopic (exact) mass is 423 g/mol. The maximum Gasteiger partial charge on any atom is 0.273 e. The molecule has 6 nitrogen and oxygen atoms in total. The molecule has 1 amide bonds. The van der Waals surface area contributed by atoms with Gasteiger partial charge >= 0.3 is 0 Å². The molecule has 0 bridgehead atoms. The summed E-state index contributed by atoms with van der Waals surface area (Å²) < 4.78 is 1.13. The van der Waals surface area contributed by atoms with E-state index in [1.165, 1.54) is 4.88 Å². The Balaban J connectivity index is 1.53. The van der Waals surface area contributed by atoms with E-state index in [1.54, 1.807) is 46.9 Å². The van der Waals surface area contributed by atoms with Crippen molar-refractivity contribution >= 4 is 39.4 Å². The zero-order valence-electron chi connectivity index (χ0n) is 15.3. The van der Waals surface area contributed by atoms with Gasteiger partial charge in [-0.3, -0.25) is 19.5 Å². The summed E-state index contributed by atoms with van der Waals surface area (Å²) in [4.78, 5) is 42.6. The van der Waals surface area contributed by atoms with Crippen LogP contribution in [-0.2, 0) is 17.8 Å². The van der Waals surface area contributed by atoms with E-state index >= 15 is 0 Å². The van der Waals surface area contributed by atoms with Gasteiger partial charge in [-0.25, -0.2) is 4.68 Å². The molecule has 1 atom stereocenters. The average molecular weight is 424 g/mol. The van der Waals surface area contributed by atoms with E-state index in [-0.39, 0.29) is 29.6 Å². The van der Waals surface area contributed by atoms with Gasteiger partial charge in [0.15, 0.2) is 0 Å². The van der Waals surface area contributed by atoms with E-state index in [2.05, 4.69) is 16.5 Å². The van der Waals surface area contributed by atoms with Gasteiger partial charge < -0.3 is 4.90 Å². The van der Waals surface area contributed by atoms with Crippen molar-refractivity contribution in [1.82, 2.24) is 14.7 Å². The molecule has 0 saturated carbocycles. The number of nitrogens with zero attached hydrogens (tertiary/aromatic N) is 2. The first-order valence-electron chi connectivity index (χ1n) is 9.24. The van der Waals surface area contributed by atoms with E-state index in [1.807, 2.05) is 22.4 Å².